The van der Waals surface area contributed by atoms with E-state index < -0.39 is 7.82 Å². The average molecular weight is 499 g/mol. The van der Waals surface area contributed by atoms with E-state index in [1.54, 1.807) is 18.2 Å². The van der Waals surface area contributed by atoms with Gasteiger partial charge in [0.2, 0.25) is 0 Å². The summed E-state index contributed by atoms with van der Waals surface area (Å²) in [6.45, 7) is 0.0348. The van der Waals surface area contributed by atoms with E-state index in [0.29, 0.717) is 12.2 Å². The molecule has 0 bridgehead atoms. The van der Waals surface area contributed by atoms with Crippen molar-refractivity contribution in [2.45, 2.75) is 6.42 Å². The molecule has 0 saturated carbocycles. The lowest BCUT2D eigenvalue weighted by atomic mass is 10.1. The van der Waals surface area contributed by atoms with E-state index in [4.69, 9.17) is 15.2 Å². The molecule has 0 fully saturated rings. The Balaban J connectivity index is 1.55. The van der Waals surface area contributed by atoms with E-state index in [2.05, 4.69) is 19.5 Å². The summed E-state index contributed by atoms with van der Waals surface area (Å²) in [6, 6.07) is 16.2. The van der Waals surface area contributed by atoms with Gasteiger partial charge in [-0.3, -0.25) is 9.05 Å². The van der Waals surface area contributed by atoms with E-state index in [9.17, 15) is 8.96 Å². The predicted octanol–water partition coefficient (Wildman–Crippen LogP) is 4.74. The molecule has 0 aliphatic carbocycles. The standard InChI is InChI=1S/C25H27FN3O5P/c1-32-35(30,31)33-18-28-13-3-5-22(17-27)25-16-24(29-34-25)15-21-11-8-19(9-12-21)7-10-20-4-2-6-23(26)14-20/h2-14,16,28H,15,17-18,27H2,1H3,(H,30,31)/b10-7+,13-3-,22-5+. The maximum absolute atomic E-state index is 13.3. The Labute approximate surface area is 203 Å². The molecule has 10 heteroatoms. The van der Waals surface area contributed by atoms with Gasteiger partial charge in [-0.25, -0.2) is 8.96 Å². The van der Waals surface area contributed by atoms with E-state index in [0.717, 1.165) is 35.1 Å². The summed E-state index contributed by atoms with van der Waals surface area (Å²) in [5.41, 5.74) is 10.2. The van der Waals surface area contributed by atoms with Crippen LogP contribution in [0.4, 0.5) is 4.39 Å². The van der Waals surface area contributed by atoms with Gasteiger partial charge in [0.25, 0.3) is 0 Å². The van der Waals surface area contributed by atoms with Gasteiger partial charge in [-0.15, -0.1) is 0 Å². The van der Waals surface area contributed by atoms with Crippen LogP contribution in [0, 0.1) is 5.82 Å². The van der Waals surface area contributed by atoms with Crippen molar-refractivity contribution in [1.29, 1.82) is 0 Å². The fraction of sp³-hybridized carbons (Fsp3) is 0.160. The maximum Gasteiger partial charge on any atom is 0.473 e. The summed E-state index contributed by atoms with van der Waals surface area (Å²) in [5, 5.41) is 6.83. The quantitative estimate of drug-likeness (QED) is 0.107. The van der Waals surface area contributed by atoms with Crippen LogP contribution in [0.15, 0.2) is 77.5 Å². The van der Waals surface area contributed by atoms with Crippen molar-refractivity contribution in [1.82, 2.24) is 10.5 Å². The third-order valence-electron chi connectivity index (χ3n) is 4.83. The number of allylic oxidation sites excluding steroid dienone is 2. The topological polar surface area (TPSA) is 120 Å². The number of rotatable bonds is 12. The van der Waals surface area contributed by atoms with Crippen LogP contribution >= 0.6 is 7.82 Å². The molecular formula is C25H27FN3O5P. The lowest BCUT2D eigenvalue weighted by Gasteiger charge is -2.08. The van der Waals surface area contributed by atoms with Crippen LogP contribution in [0.5, 0.6) is 0 Å². The molecule has 184 valence electrons. The number of nitrogens with zero attached hydrogens (tertiary/aromatic N) is 1. The average Bonchev–Trinajstić information content (AvgIpc) is 3.31. The first kappa shape index (κ1) is 26.3. The van der Waals surface area contributed by atoms with Crippen molar-refractivity contribution in [3.63, 3.8) is 0 Å². The van der Waals surface area contributed by atoms with Crippen molar-refractivity contribution in [2.24, 2.45) is 5.73 Å². The Hall–Kier alpha value is -3.33. The minimum atomic E-state index is -4.01. The first-order valence-corrected chi connectivity index (χ1v) is 12.2. The lowest BCUT2D eigenvalue weighted by molar-refractivity contribution is 0.168. The Bertz CT molecular complexity index is 1240. The number of hydrogen-bond donors (Lipinski definition) is 3. The second-order valence-electron chi connectivity index (χ2n) is 7.37. The number of nitrogens with one attached hydrogen (secondary N) is 1. The summed E-state index contributed by atoms with van der Waals surface area (Å²) >= 11 is 0. The molecule has 1 atom stereocenters. The van der Waals surface area contributed by atoms with Crippen molar-refractivity contribution >= 4 is 25.5 Å². The Morgan fingerprint density at radius 3 is 2.69 bits per heavy atom. The summed E-state index contributed by atoms with van der Waals surface area (Å²) in [7, 11) is -2.93. The maximum atomic E-state index is 13.3. The van der Waals surface area contributed by atoms with Crippen molar-refractivity contribution in [2.75, 3.05) is 20.4 Å². The number of halogens is 1. The molecule has 1 heterocycles. The van der Waals surface area contributed by atoms with Crippen LogP contribution in [-0.2, 0) is 20.0 Å². The molecule has 8 nitrogen and oxygen atoms in total. The number of hydrogen-bond acceptors (Lipinski definition) is 7. The molecule has 2 aromatic carbocycles. The summed E-state index contributed by atoms with van der Waals surface area (Å²) in [5.74, 6) is 0.291. The third kappa shape index (κ3) is 8.75. The van der Waals surface area contributed by atoms with Crippen molar-refractivity contribution in [3.05, 3.63) is 107 Å². The van der Waals surface area contributed by atoms with Gasteiger partial charge in [0.1, 0.15) is 12.5 Å². The number of phosphoric ester groups is 1. The summed E-state index contributed by atoms with van der Waals surface area (Å²) < 4.78 is 38.9. The first-order chi connectivity index (χ1) is 16.9. The molecule has 35 heavy (non-hydrogen) atoms. The Kier molecular flexibility index (Phi) is 9.72. The highest BCUT2D eigenvalue weighted by Crippen LogP contribution is 2.41. The van der Waals surface area contributed by atoms with Gasteiger partial charge >= 0.3 is 7.82 Å². The monoisotopic (exact) mass is 499 g/mol. The zero-order valence-electron chi connectivity index (χ0n) is 19.1. The molecule has 0 radical (unpaired) electrons. The largest absolute Gasteiger partial charge is 0.473 e. The summed E-state index contributed by atoms with van der Waals surface area (Å²) in [4.78, 5) is 9.14. The van der Waals surface area contributed by atoms with Gasteiger partial charge in [-0.05, 0) is 41.1 Å². The van der Waals surface area contributed by atoms with E-state index in [-0.39, 0.29) is 19.1 Å². The van der Waals surface area contributed by atoms with Crippen molar-refractivity contribution < 1.29 is 27.4 Å². The lowest BCUT2D eigenvalue weighted by Crippen LogP contribution is -2.09. The zero-order valence-corrected chi connectivity index (χ0v) is 20.0. The normalized spacial score (nSPS) is 14.0. The molecule has 1 aromatic heterocycles. The van der Waals surface area contributed by atoms with Crippen LogP contribution in [-0.4, -0.2) is 30.4 Å². The fourth-order valence-electron chi connectivity index (χ4n) is 3.01. The molecule has 3 rings (SSSR count). The Morgan fingerprint density at radius 2 is 1.97 bits per heavy atom. The highest BCUT2D eigenvalue weighted by Gasteiger charge is 2.17. The first-order valence-electron chi connectivity index (χ1n) is 10.7. The number of benzene rings is 2. The molecule has 0 aliphatic heterocycles. The van der Waals surface area contributed by atoms with Gasteiger partial charge in [-0.1, -0.05) is 59.8 Å². The van der Waals surface area contributed by atoms with Crippen molar-refractivity contribution in [3.8, 4) is 0 Å². The second kappa shape index (κ2) is 12.9. The van der Waals surface area contributed by atoms with Crippen LogP contribution in [0.3, 0.4) is 0 Å². The Morgan fingerprint density at radius 1 is 1.20 bits per heavy atom. The number of aromatic nitrogens is 1. The molecule has 0 spiro atoms. The second-order valence-corrected chi connectivity index (χ2v) is 8.93. The predicted molar refractivity (Wildman–Crippen MR) is 133 cm³/mol. The molecule has 0 saturated heterocycles. The van der Waals surface area contributed by atoms with Crippen LogP contribution in [0.1, 0.15) is 28.1 Å². The van der Waals surface area contributed by atoms with Gasteiger partial charge < -0.3 is 20.5 Å². The minimum absolute atomic E-state index is 0.199. The number of phosphoric acid groups is 1. The van der Waals surface area contributed by atoms with Gasteiger partial charge in [0.05, 0.1) is 5.69 Å². The molecule has 4 N–H and O–H groups in total. The minimum Gasteiger partial charge on any atom is -0.368 e. The highest BCUT2D eigenvalue weighted by atomic mass is 31.2. The molecule has 0 aliphatic rings. The highest BCUT2D eigenvalue weighted by molar-refractivity contribution is 7.47. The molecular weight excluding hydrogens is 472 g/mol. The third-order valence-corrected chi connectivity index (χ3v) is 5.75. The van der Waals surface area contributed by atoms with Crippen LogP contribution in [0.2, 0.25) is 0 Å². The van der Waals surface area contributed by atoms with E-state index in [1.807, 2.05) is 48.6 Å². The molecule has 1 unspecified atom stereocenters. The number of nitrogens with two attached hydrogens (primary N) is 1. The smallest absolute Gasteiger partial charge is 0.368 e. The zero-order chi connectivity index (χ0) is 25.1. The van der Waals surface area contributed by atoms with E-state index >= 15 is 0 Å². The summed E-state index contributed by atoms with van der Waals surface area (Å²) in [6.07, 6.45) is 9.33. The van der Waals surface area contributed by atoms with Gasteiger partial charge in [-0.2, -0.15) is 0 Å². The SMILES string of the molecule is COP(=O)(O)OCN/C=C\C=C(/CN)c1cc(Cc2ccc(/C=C/c3cccc(F)c3)cc2)no1. The van der Waals surface area contributed by atoms with Gasteiger partial charge in [0.15, 0.2) is 5.76 Å². The molecule has 0 amide bonds. The van der Waals surface area contributed by atoms with Crippen LogP contribution in [0.25, 0.3) is 17.7 Å². The fourth-order valence-corrected chi connectivity index (χ4v) is 3.35. The van der Waals surface area contributed by atoms with E-state index in [1.165, 1.54) is 18.3 Å². The van der Waals surface area contributed by atoms with Gasteiger partial charge in [0, 0.05) is 31.7 Å². The van der Waals surface area contributed by atoms with Crippen LogP contribution < -0.4 is 11.1 Å². The molecule has 3 aromatic rings.